The van der Waals surface area contributed by atoms with Gasteiger partial charge in [-0.05, 0) is 30.5 Å². The van der Waals surface area contributed by atoms with Crippen LogP contribution in [-0.4, -0.2) is 35.6 Å². The summed E-state index contributed by atoms with van der Waals surface area (Å²) < 4.78 is 5.50. The maximum Gasteiger partial charge on any atom is 0.260 e. The Kier molecular flexibility index (Phi) is 5.21. The van der Waals surface area contributed by atoms with Crippen LogP contribution in [0.15, 0.2) is 24.3 Å². The van der Waals surface area contributed by atoms with E-state index in [2.05, 4.69) is 0 Å². The molecular weight excluding hydrogens is 242 g/mol. The van der Waals surface area contributed by atoms with Gasteiger partial charge >= 0.3 is 0 Å². The van der Waals surface area contributed by atoms with E-state index in [0.29, 0.717) is 5.75 Å². The minimum atomic E-state index is -0.0166. The number of hydrogen-bond donors (Lipinski definition) is 1. The van der Waals surface area contributed by atoms with E-state index in [0.717, 1.165) is 31.5 Å². The van der Waals surface area contributed by atoms with Crippen molar-refractivity contribution in [2.45, 2.75) is 32.3 Å². The van der Waals surface area contributed by atoms with Crippen LogP contribution in [0, 0.1) is 0 Å². The van der Waals surface area contributed by atoms with E-state index in [1.807, 2.05) is 17.0 Å². The van der Waals surface area contributed by atoms with Crippen LogP contribution >= 0.6 is 0 Å². The first kappa shape index (κ1) is 13.9. The molecule has 1 aromatic carbocycles. The van der Waals surface area contributed by atoms with E-state index in [1.54, 1.807) is 12.1 Å². The monoisotopic (exact) mass is 263 g/mol. The van der Waals surface area contributed by atoms with Crippen molar-refractivity contribution < 1.29 is 14.6 Å². The second-order valence-corrected chi connectivity index (χ2v) is 4.89. The van der Waals surface area contributed by atoms with Crippen molar-refractivity contribution >= 4 is 5.91 Å². The molecule has 0 bridgehead atoms. The topological polar surface area (TPSA) is 49.8 Å². The summed E-state index contributed by atoms with van der Waals surface area (Å²) in [6, 6.07) is 7.20. The third-order valence-corrected chi connectivity index (χ3v) is 3.40. The Hall–Kier alpha value is -1.55. The second-order valence-electron chi connectivity index (χ2n) is 4.89. The lowest BCUT2D eigenvalue weighted by Crippen LogP contribution is -2.35. The number of aliphatic hydroxyl groups excluding tert-OH is 1. The maximum atomic E-state index is 12.0. The molecule has 104 valence electrons. The van der Waals surface area contributed by atoms with Gasteiger partial charge < -0.3 is 14.7 Å². The summed E-state index contributed by atoms with van der Waals surface area (Å²) in [5.41, 5.74) is 0.791. The van der Waals surface area contributed by atoms with Crippen molar-refractivity contribution in [3.8, 4) is 5.75 Å². The summed E-state index contributed by atoms with van der Waals surface area (Å²) >= 11 is 0. The largest absolute Gasteiger partial charge is 0.484 e. The fourth-order valence-electron chi connectivity index (χ4n) is 2.29. The van der Waals surface area contributed by atoms with Crippen LogP contribution in [-0.2, 0) is 11.4 Å². The minimum Gasteiger partial charge on any atom is -0.484 e. The van der Waals surface area contributed by atoms with E-state index >= 15 is 0 Å². The molecule has 1 fully saturated rings. The highest BCUT2D eigenvalue weighted by atomic mass is 16.5. The summed E-state index contributed by atoms with van der Waals surface area (Å²) in [7, 11) is 0. The van der Waals surface area contributed by atoms with Gasteiger partial charge in [0.25, 0.3) is 5.91 Å². The molecule has 0 aromatic heterocycles. The minimum absolute atomic E-state index is 0.0166. The molecule has 0 radical (unpaired) electrons. The fraction of sp³-hybridized carbons (Fsp3) is 0.533. The Bertz CT molecular complexity index is 412. The second kappa shape index (κ2) is 7.14. The Labute approximate surface area is 114 Å². The van der Waals surface area contributed by atoms with Crippen LogP contribution in [0.5, 0.6) is 5.75 Å². The standard InChI is InChI=1S/C15H21NO3/c17-11-13-6-5-7-14(10-13)19-12-15(18)16-8-3-1-2-4-9-16/h5-7,10,17H,1-4,8-9,11-12H2. The number of amides is 1. The van der Waals surface area contributed by atoms with Crippen molar-refractivity contribution in [2.75, 3.05) is 19.7 Å². The van der Waals surface area contributed by atoms with Crippen LogP contribution < -0.4 is 4.74 Å². The smallest absolute Gasteiger partial charge is 0.260 e. The van der Waals surface area contributed by atoms with Gasteiger partial charge in [-0.3, -0.25) is 4.79 Å². The number of nitrogens with zero attached hydrogens (tertiary/aromatic N) is 1. The SMILES string of the molecule is O=C(COc1cccc(CO)c1)N1CCCCCC1. The van der Waals surface area contributed by atoms with E-state index < -0.39 is 0 Å². The van der Waals surface area contributed by atoms with E-state index in [-0.39, 0.29) is 19.1 Å². The average molecular weight is 263 g/mol. The van der Waals surface area contributed by atoms with Crippen molar-refractivity contribution in [1.29, 1.82) is 0 Å². The lowest BCUT2D eigenvalue weighted by atomic mass is 10.2. The Morgan fingerprint density at radius 2 is 1.95 bits per heavy atom. The number of rotatable bonds is 4. The maximum absolute atomic E-state index is 12.0. The van der Waals surface area contributed by atoms with Crippen LogP contribution in [0.3, 0.4) is 0 Å². The molecule has 1 heterocycles. The van der Waals surface area contributed by atoms with Gasteiger partial charge in [0.2, 0.25) is 0 Å². The molecule has 1 aliphatic heterocycles. The summed E-state index contributed by atoms with van der Waals surface area (Å²) in [5, 5.41) is 9.04. The lowest BCUT2D eigenvalue weighted by Gasteiger charge is -2.20. The number of benzene rings is 1. The molecule has 0 aliphatic carbocycles. The van der Waals surface area contributed by atoms with Gasteiger partial charge in [-0.2, -0.15) is 0 Å². The Morgan fingerprint density at radius 3 is 2.63 bits per heavy atom. The van der Waals surface area contributed by atoms with E-state index in [1.165, 1.54) is 12.8 Å². The van der Waals surface area contributed by atoms with Crippen molar-refractivity contribution in [1.82, 2.24) is 4.90 Å². The highest BCUT2D eigenvalue weighted by Crippen LogP contribution is 2.14. The van der Waals surface area contributed by atoms with Gasteiger partial charge in [0, 0.05) is 13.1 Å². The summed E-state index contributed by atoms with van der Waals surface area (Å²) in [5.74, 6) is 0.686. The molecule has 1 aromatic rings. The molecule has 1 aliphatic rings. The number of likely N-dealkylation sites (tertiary alicyclic amines) is 1. The quantitative estimate of drug-likeness (QED) is 0.903. The van der Waals surface area contributed by atoms with Gasteiger partial charge in [0.15, 0.2) is 6.61 Å². The highest BCUT2D eigenvalue weighted by Gasteiger charge is 2.15. The van der Waals surface area contributed by atoms with Crippen LogP contribution in [0.1, 0.15) is 31.2 Å². The zero-order valence-electron chi connectivity index (χ0n) is 11.2. The van der Waals surface area contributed by atoms with Gasteiger partial charge in [-0.1, -0.05) is 25.0 Å². The molecule has 1 saturated heterocycles. The van der Waals surface area contributed by atoms with Crippen LogP contribution in [0.2, 0.25) is 0 Å². The van der Waals surface area contributed by atoms with Gasteiger partial charge in [0.05, 0.1) is 6.61 Å². The molecule has 0 unspecified atom stereocenters. The third-order valence-electron chi connectivity index (χ3n) is 3.40. The summed E-state index contributed by atoms with van der Waals surface area (Å²) in [6.45, 7) is 1.75. The molecule has 0 atom stereocenters. The molecule has 1 amide bonds. The molecule has 4 heteroatoms. The number of ether oxygens (including phenoxy) is 1. The fourth-order valence-corrected chi connectivity index (χ4v) is 2.29. The van der Waals surface area contributed by atoms with Crippen LogP contribution in [0.25, 0.3) is 0 Å². The number of aliphatic hydroxyl groups is 1. The first-order chi connectivity index (χ1) is 9.29. The Morgan fingerprint density at radius 1 is 1.21 bits per heavy atom. The predicted molar refractivity (Wildman–Crippen MR) is 72.9 cm³/mol. The molecule has 19 heavy (non-hydrogen) atoms. The third kappa shape index (κ3) is 4.24. The van der Waals surface area contributed by atoms with Crippen LogP contribution in [0.4, 0.5) is 0 Å². The highest BCUT2D eigenvalue weighted by molar-refractivity contribution is 5.77. The van der Waals surface area contributed by atoms with E-state index in [9.17, 15) is 4.79 Å². The average Bonchev–Trinajstić information content (AvgIpc) is 2.74. The number of carbonyl (C=O) groups is 1. The van der Waals surface area contributed by atoms with Crippen molar-refractivity contribution in [2.24, 2.45) is 0 Å². The molecule has 2 rings (SSSR count). The normalized spacial score (nSPS) is 15.9. The van der Waals surface area contributed by atoms with Gasteiger partial charge in [-0.25, -0.2) is 0 Å². The first-order valence-electron chi connectivity index (χ1n) is 6.90. The molecule has 0 spiro atoms. The molecule has 4 nitrogen and oxygen atoms in total. The summed E-state index contributed by atoms with van der Waals surface area (Å²) in [6.07, 6.45) is 4.60. The zero-order chi connectivity index (χ0) is 13.5. The van der Waals surface area contributed by atoms with Gasteiger partial charge in [0.1, 0.15) is 5.75 Å². The lowest BCUT2D eigenvalue weighted by molar-refractivity contribution is -0.133. The number of carbonyl (C=O) groups excluding carboxylic acids is 1. The summed E-state index contributed by atoms with van der Waals surface area (Å²) in [4.78, 5) is 13.9. The van der Waals surface area contributed by atoms with Crippen molar-refractivity contribution in [3.05, 3.63) is 29.8 Å². The van der Waals surface area contributed by atoms with Crippen molar-refractivity contribution in [3.63, 3.8) is 0 Å². The Balaban J connectivity index is 1.84. The predicted octanol–water partition coefficient (Wildman–Crippen LogP) is 1.96. The molecular formula is C15H21NO3. The van der Waals surface area contributed by atoms with Gasteiger partial charge in [-0.15, -0.1) is 0 Å². The van der Waals surface area contributed by atoms with E-state index in [4.69, 9.17) is 9.84 Å². The zero-order valence-corrected chi connectivity index (χ0v) is 11.2. The first-order valence-corrected chi connectivity index (χ1v) is 6.90. The molecule has 1 N–H and O–H groups in total. The number of hydrogen-bond acceptors (Lipinski definition) is 3. The molecule has 0 saturated carbocycles.